The number of thiazole rings is 1. The average molecular weight is 476 g/mol. The first-order valence-corrected chi connectivity index (χ1v) is 12.0. The summed E-state index contributed by atoms with van der Waals surface area (Å²) in [6, 6.07) is 12.0. The number of fused-ring (bicyclic) bond motifs is 1. The first kappa shape index (κ1) is 23.5. The van der Waals surface area contributed by atoms with Gasteiger partial charge in [0.2, 0.25) is 0 Å². The maximum Gasteiger partial charge on any atom is 0.157 e. The van der Waals surface area contributed by atoms with Crippen molar-refractivity contribution in [3.63, 3.8) is 0 Å². The second-order valence-electron chi connectivity index (χ2n) is 7.79. The van der Waals surface area contributed by atoms with E-state index in [0.29, 0.717) is 18.1 Å². The predicted molar refractivity (Wildman–Crippen MR) is 141 cm³/mol. The minimum atomic E-state index is 0.477. The molecule has 0 radical (unpaired) electrons. The van der Waals surface area contributed by atoms with Crippen LogP contribution in [0.2, 0.25) is 0 Å². The van der Waals surface area contributed by atoms with E-state index in [1.807, 2.05) is 19.2 Å². The SMILES string of the molecule is CN=C(CCNCCc1nc2c(NCc3ncccc3N)ncnc2s1)Nc1ccc(C)cc1. The molecule has 0 unspecified atom stereocenters. The van der Waals surface area contributed by atoms with Crippen LogP contribution in [0.4, 0.5) is 17.2 Å². The molecular formula is C24H29N9S. The lowest BCUT2D eigenvalue weighted by atomic mass is 10.2. The van der Waals surface area contributed by atoms with Gasteiger partial charge in [-0.15, -0.1) is 0 Å². The Kier molecular flexibility index (Phi) is 7.95. The number of nitrogens with one attached hydrogen (secondary N) is 3. The molecule has 0 atom stereocenters. The molecule has 4 aromatic rings. The summed E-state index contributed by atoms with van der Waals surface area (Å²) in [5.41, 5.74) is 10.5. The Morgan fingerprint density at radius 3 is 2.74 bits per heavy atom. The van der Waals surface area contributed by atoms with Crippen LogP contribution in [0, 0.1) is 6.92 Å². The van der Waals surface area contributed by atoms with Gasteiger partial charge in [-0.25, -0.2) is 15.0 Å². The van der Waals surface area contributed by atoms with Crippen LogP contribution in [0.1, 0.15) is 22.7 Å². The number of nitrogen functional groups attached to an aromatic ring is 1. The van der Waals surface area contributed by atoms with Crippen molar-refractivity contribution in [2.24, 2.45) is 4.99 Å². The number of aromatic nitrogens is 4. The smallest absolute Gasteiger partial charge is 0.157 e. The third-order valence-corrected chi connectivity index (χ3v) is 6.28. The van der Waals surface area contributed by atoms with E-state index in [1.165, 1.54) is 5.56 Å². The van der Waals surface area contributed by atoms with Crippen LogP contribution in [0.15, 0.2) is 53.9 Å². The molecule has 0 aliphatic heterocycles. The molecule has 0 amide bonds. The quantitative estimate of drug-likeness (QED) is 0.156. The maximum atomic E-state index is 5.99. The summed E-state index contributed by atoms with van der Waals surface area (Å²) in [6.07, 6.45) is 4.92. The molecule has 34 heavy (non-hydrogen) atoms. The van der Waals surface area contributed by atoms with E-state index in [9.17, 15) is 0 Å². The van der Waals surface area contributed by atoms with Crippen molar-refractivity contribution in [1.29, 1.82) is 0 Å². The number of aliphatic imine (C=N–C) groups is 1. The summed E-state index contributed by atoms with van der Waals surface area (Å²) in [7, 11) is 1.81. The normalized spacial score (nSPS) is 11.6. The van der Waals surface area contributed by atoms with Crippen molar-refractivity contribution in [2.45, 2.75) is 26.3 Å². The number of hydrogen-bond acceptors (Lipinski definition) is 9. The lowest BCUT2D eigenvalue weighted by Crippen LogP contribution is -2.23. The summed E-state index contributed by atoms with van der Waals surface area (Å²) in [5.74, 6) is 1.65. The molecule has 0 saturated heterocycles. The molecule has 5 N–H and O–H groups in total. The van der Waals surface area contributed by atoms with E-state index < -0.39 is 0 Å². The maximum absolute atomic E-state index is 5.99. The van der Waals surface area contributed by atoms with E-state index in [1.54, 1.807) is 23.9 Å². The van der Waals surface area contributed by atoms with E-state index in [4.69, 9.17) is 10.7 Å². The van der Waals surface area contributed by atoms with Gasteiger partial charge in [0.25, 0.3) is 0 Å². The molecule has 0 fully saturated rings. The van der Waals surface area contributed by atoms with E-state index in [2.05, 4.69) is 67.1 Å². The van der Waals surface area contributed by atoms with Gasteiger partial charge in [-0.05, 0) is 31.2 Å². The Bertz CT molecular complexity index is 1250. The molecule has 0 bridgehead atoms. The van der Waals surface area contributed by atoms with Crippen LogP contribution in [-0.2, 0) is 13.0 Å². The zero-order valence-corrected chi connectivity index (χ0v) is 20.2. The molecule has 176 valence electrons. The number of nitrogens with zero attached hydrogens (tertiary/aromatic N) is 5. The van der Waals surface area contributed by atoms with E-state index in [0.717, 1.165) is 58.5 Å². The van der Waals surface area contributed by atoms with Crippen molar-refractivity contribution in [2.75, 3.05) is 36.5 Å². The van der Waals surface area contributed by atoms with Crippen LogP contribution >= 0.6 is 11.3 Å². The summed E-state index contributed by atoms with van der Waals surface area (Å²) in [4.78, 5) is 23.0. The molecular weight excluding hydrogens is 446 g/mol. The highest BCUT2D eigenvalue weighted by atomic mass is 32.1. The van der Waals surface area contributed by atoms with Crippen molar-refractivity contribution in [1.82, 2.24) is 25.3 Å². The topological polar surface area (TPSA) is 126 Å². The summed E-state index contributed by atoms with van der Waals surface area (Å²) < 4.78 is 0. The Hall–Kier alpha value is -3.63. The van der Waals surface area contributed by atoms with Crippen molar-refractivity contribution in [3.8, 4) is 0 Å². The summed E-state index contributed by atoms with van der Waals surface area (Å²) in [6.45, 7) is 4.21. The molecule has 0 saturated carbocycles. The van der Waals surface area contributed by atoms with Gasteiger partial charge in [-0.2, -0.15) is 0 Å². The van der Waals surface area contributed by atoms with Gasteiger partial charge in [-0.3, -0.25) is 9.98 Å². The molecule has 9 nitrogen and oxygen atoms in total. The Balaban J connectivity index is 1.26. The lowest BCUT2D eigenvalue weighted by Gasteiger charge is -2.10. The van der Waals surface area contributed by atoms with Gasteiger partial charge in [0, 0.05) is 44.9 Å². The number of amidine groups is 1. The van der Waals surface area contributed by atoms with Gasteiger partial charge >= 0.3 is 0 Å². The number of hydrogen-bond donors (Lipinski definition) is 4. The molecule has 0 aliphatic rings. The van der Waals surface area contributed by atoms with Crippen LogP contribution in [0.5, 0.6) is 0 Å². The van der Waals surface area contributed by atoms with Crippen molar-refractivity contribution in [3.05, 3.63) is 65.2 Å². The fraction of sp³-hybridized carbons (Fsp3) is 0.292. The molecule has 3 heterocycles. The van der Waals surface area contributed by atoms with E-state index >= 15 is 0 Å². The average Bonchev–Trinajstić information content (AvgIpc) is 3.27. The van der Waals surface area contributed by atoms with Gasteiger partial charge in [-0.1, -0.05) is 29.0 Å². The van der Waals surface area contributed by atoms with Gasteiger partial charge in [0.15, 0.2) is 5.82 Å². The number of rotatable bonds is 10. The largest absolute Gasteiger partial charge is 0.397 e. The van der Waals surface area contributed by atoms with Crippen molar-refractivity contribution >= 4 is 44.7 Å². The fourth-order valence-corrected chi connectivity index (χ4v) is 4.26. The van der Waals surface area contributed by atoms with Crippen LogP contribution < -0.4 is 21.7 Å². The minimum absolute atomic E-state index is 0.477. The fourth-order valence-electron chi connectivity index (χ4n) is 3.36. The highest BCUT2D eigenvalue weighted by Gasteiger charge is 2.11. The number of anilines is 3. The number of pyridine rings is 1. The third-order valence-electron chi connectivity index (χ3n) is 5.25. The predicted octanol–water partition coefficient (Wildman–Crippen LogP) is 3.65. The Morgan fingerprint density at radius 1 is 1.09 bits per heavy atom. The van der Waals surface area contributed by atoms with Gasteiger partial charge < -0.3 is 21.7 Å². The molecule has 0 aliphatic carbocycles. The number of benzene rings is 1. The lowest BCUT2D eigenvalue weighted by molar-refractivity contribution is 0.696. The molecule has 4 rings (SSSR count). The summed E-state index contributed by atoms with van der Waals surface area (Å²) >= 11 is 1.59. The highest BCUT2D eigenvalue weighted by Crippen LogP contribution is 2.25. The Labute approximate surface area is 203 Å². The van der Waals surface area contributed by atoms with Crippen molar-refractivity contribution < 1.29 is 0 Å². The van der Waals surface area contributed by atoms with Crippen LogP contribution in [0.25, 0.3) is 10.3 Å². The molecule has 10 heteroatoms. The third kappa shape index (κ3) is 6.24. The molecule has 1 aromatic carbocycles. The zero-order chi connectivity index (χ0) is 23.8. The zero-order valence-electron chi connectivity index (χ0n) is 19.4. The Morgan fingerprint density at radius 2 is 1.94 bits per heavy atom. The monoisotopic (exact) mass is 475 g/mol. The second kappa shape index (κ2) is 11.5. The van der Waals surface area contributed by atoms with Crippen LogP contribution in [0.3, 0.4) is 0 Å². The number of aryl methyl sites for hydroxylation is 1. The van der Waals surface area contributed by atoms with Crippen LogP contribution in [-0.4, -0.2) is 45.9 Å². The van der Waals surface area contributed by atoms with Gasteiger partial charge in [0.1, 0.15) is 22.5 Å². The first-order chi connectivity index (χ1) is 16.6. The van der Waals surface area contributed by atoms with E-state index in [-0.39, 0.29) is 0 Å². The van der Waals surface area contributed by atoms with Gasteiger partial charge in [0.05, 0.1) is 22.9 Å². The minimum Gasteiger partial charge on any atom is -0.397 e. The molecule has 3 aromatic heterocycles. The number of nitrogens with two attached hydrogens (primary N) is 1. The standard InChI is InChI=1S/C24H29N9S/c1-16-5-7-17(8-6-16)32-20(26-2)9-12-27-13-10-21-33-22-23(30-15-31-24(22)34-21)29-14-19-18(25)4-3-11-28-19/h3-8,11,15,27H,9-10,12-14,25H2,1-2H3,(H,26,32)(H,29,30,31). The second-order valence-corrected chi connectivity index (χ2v) is 8.85. The highest BCUT2D eigenvalue weighted by molar-refractivity contribution is 7.18. The molecule has 0 spiro atoms. The summed E-state index contributed by atoms with van der Waals surface area (Å²) in [5, 5.41) is 11.2. The first-order valence-electron chi connectivity index (χ1n) is 11.2.